The van der Waals surface area contributed by atoms with Crippen molar-refractivity contribution < 1.29 is 28.5 Å². The summed E-state index contributed by atoms with van der Waals surface area (Å²) in [5.74, 6) is 0.358. The molecule has 3 aromatic carbocycles. The van der Waals surface area contributed by atoms with Crippen molar-refractivity contribution in [3.8, 4) is 11.5 Å². The van der Waals surface area contributed by atoms with Gasteiger partial charge < -0.3 is 23.8 Å². The first-order valence-electron chi connectivity index (χ1n) is 13.1. The average molecular weight is 567 g/mol. The maximum absolute atomic E-state index is 12.0. The molecule has 3 aromatic rings. The van der Waals surface area contributed by atoms with E-state index in [1.807, 2.05) is 104 Å². The molecule has 0 radical (unpaired) electrons. The van der Waals surface area contributed by atoms with Crippen LogP contribution in [0.1, 0.15) is 41.5 Å². The van der Waals surface area contributed by atoms with Crippen LogP contribution in [0.2, 0.25) is 0 Å². The van der Waals surface area contributed by atoms with Crippen molar-refractivity contribution in [3.05, 3.63) is 72.8 Å². The molecule has 0 saturated carbocycles. The van der Waals surface area contributed by atoms with Gasteiger partial charge in [-0.2, -0.15) is 0 Å². The molecule has 0 aromatic heterocycles. The first-order chi connectivity index (χ1) is 18.7. The molecule has 0 aliphatic heterocycles. The van der Waals surface area contributed by atoms with E-state index < -0.39 is 34.0 Å². The predicted molar refractivity (Wildman–Crippen MR) is 158 cm³/mol. The summed E-state index contributed by atoms with van der Waals surface area (Å²) in [5, 5.41) is 0. The van der Waals surface area contributed by atoms with Crippen molar-refractivity contribution in [1.29, 1.82) is 0 Å². The fourth-order valence-electron chi connectivity index (χ4n) is 3.66. The molecule has 7 nitrogen and oxygen atoms in total. The Hall–Kier alpha value is -3.65. The Morgan fingerprint density at radius 2 is 0.925 bits per heavy atom. The molecule has 0 aliphatic carbocycles. The molecule has 0 amide bonds. The highest BCUT2D eigenvalue weighted by molar-refractivity contribution is 7.97. The Morgan fingerprint density at radius 3 is 1.23 bits per heavy atom. The van der Waals surface area contributed by atoms with Crippen LogP contribution in [-0.2, 0) is 30.0 Å². The predicted octanol–water partition coefficient (Wildman–Crippen LogP) is 6.29. The molecule has 0 fully saturated rings. The molecular weight excluding hydrogens is 526 g/mol. The van der Waals surface area contributed by atoms with Crippen LogP contribution in [0.15, 0.2) is 87.5 Å². The van der Waals surface area contributed by atoms with Crippen LogP contribution in [-0.4, -0.2) is 50.4 Å². The second-order valence-corrected chi connectivity index (χ2v) is 13.4. The lowest BCUT2D eigenvalue weighted by molar-refractivity contribution is -0.158. The fraction of sp³-hybridized carbons (Fsp3) is 0.375. The van der Waals surface area contributed by atoms with Crippen LogP contribution in [0, 0.1) is 0 Å². The third-order valence-corrected chi connectivity index (χ3v) is 7.49. The monoisotopic (exact) mass is 566 g/mol. The average Bonchev–Trinajstić information content (AvgIpc) is 2.86. The quantitative estimate of drug-likeness (QED) is 0.211. The summed E-state index contributed by atoms with van der Waals surface area (Å²) in [6.45, 7) is 10.6. The van der Waals surface area contributed by atoms with Crippen molar-refractivity contribution >= 4 is 28.5 Å². The summed E-state index contributed by atoms with van der Waals surface area (Å²) in [6, 6.07) is 24.0. The maximum Gasteiger partial charge on any atom is 0.344 e. The first kappa shape index (κ1) is 30.9. The largest absolute Gasteiger partial charge is 0.482 e. The summed E-state index contributed by atoms with van der Waals surface area (Å²) in [7, 11) is 3.61. The van der Waals surface area contributed by atoms with Crippen LogP contribution in [0.5, 0.6) is 11.5 Å². The molecular formula is C32H40NO6S+. The Labute approximate surface area is 240 Å². The summed E-state index contributed by atoms with van der Waals surface area (Å²) in [4.78, 5) is 29.5. The van der Waals surface area contributed by atoms with Gasteiger partial charge in [0.25, 0.3) is 0 Å². The molecule has 0 bridgehead atoms. The van der Waals surface area contributed by atoms with Crippen molar-refractivity contribution in [3.63, 3.8) is 0 Å². The summed E-state index contributed by atoms with van der Waals surface area (Å²) >= 11 is 0. The van der Waals surface area contributed by atoms with E-state index >= 15 is 0 Å². The van der Waals surface area contributed by atoms with Gasteiger partial charge in [0.15, 0.2) is 27.9 Å². The molecule has 0 aliphatic rings. The molecule has 8 heteroatoms. The van der Waals surface area contributed by atoms with E-state index in [-0.39, 0.29) is 13.2 Å². The van der Waals surface area contributed by atoms with E-state index in [9.17, 15) is 9.59 Å². The number of ether oxygens (including phenoxy) is 4. The molecule has 0 N–H and O–H groups in total. The summed E-state index contributed by atoms with van der Waals surface area (Å²) in [5.41, 5.74) is -0.00198. The zero-order valence-electron chi connectivity index (χ0n) is 24.6. The molecule has 0 atom stereocenters. The van der Waals surface area contributed by atoms with Gasteiger partial charge in [0.2, 0.25) is 0 Å². The van der Waals surface area contributed by atoms with Crippen molar-refractivity contribution in [2.45, 2.75) is 67.4 Å². The topological polar surface area (TPSA) is 74.3 Å². The minimum absolute atomic E-state index is 0.154. The Bertz CT molecular complexity index is 1180. The summed E-state index contributed by atoms with van der Waals surface area (Å²) in [6.07, 6.45) is 0. The van der Waals surface area contributed by atoms with Gasteiger partial charge >= 0.3 is 11.9 Å². The van der Waals surface area contributed by atoms with Crippen LogP contribution >= 0.6 is 0 Å². The molecule has 0 heterocycles. The highest BCUT2D eigenvalue weighted by Crippen LogP contribution is 2.34. The number of carbonyl (C=O) groups excluding carboxylic acids is 2. The molecule has 40 heavy (non-hydrogen) atoms. The minimum Gasteiger partial charge on any atom is -0.482 e. The fourth-order valence-corrected chi connectivity index (χ4v) is 5.70. The number of anilines is 1. The van der Waals surface area contributed by atoms with Crippen molar-refractivity contribution in [1.82, 2.24) is 0 Å². The van der Waals surface area contributed by atoms with E-state index in [0.29, 0.717) is 11.5 Å². The lowest BCUT2D eigenvalue weighted by Gasteiger charge is -2.19. The van der Waals surface area contributed by atoms with Crippen LogP contribution in [0.25, 0.3) is 0 Å². The van der Waals surface area contributed by atoms with Gasteiger partial charge in [-0.05, 0) is 114 Å². The zero-order chi connectivity index (χ0) is 29.5. The molecule has 214 valence electrons. The van der Waals surface area contributed by atoms with E-state index in [1.165, 1.54) is 0 Å². The van der Waals surface area contributed by atoms with Gasteiger partial charge in [-0.15, -0.1) is 0 Å². The van der Waals surface area contributed by atoms with Gasteiger partial charge in [0.1, 0.15) is 22.7 Å². The van der Waals surface area contributed by atoms with Gasteiger partial charge in [0, 0.05) is 19.8 Å². The Kier molecular flexibility index (Phi) is 10.1. The molecule has 0 spiro atoms. The Morgan fingerprint density at radius 1 is 0.600 bits per heavy atom. The highest BCUT2D eigenvalue weighted by atomic mass is 32.2. The number of hydrogen-bond donors (Lipinski definition) is 0. The third-order valence-electron chi connectivity index (χ3n) is 5.26. The smallest absolute Gasteiger partial charge is 0.344 e. The number of carbonyl (C=O) groups is 2. The van der Waals surface area contributed by atoms with Crippen molar-refractivity contribution in [2.24, 2.45) is 0 Å². The van der Waals surface area contributed by atoms with E-state index in [2.05, 4.69) is 29.2 Å². The number of benzene rings is 3. The normalized spacial score (nSPS) is 11.6. The van der Waals surface area contributed by atoms with Gasteiger partial charge in [-0.25, -0.2) is 9.59 Å². The Balaban J connectivity index is 1.80. The molecule has 0 saturated heterocycles. The van der Waals surface area contributed by atoms with Crippen LogP contribution in [0.4, 0.5) is 5.69 Å². The molecule has 0 unspecified atom stereocenters. The minimum atomic E-state index is -0.558. The van der Waals surface area contributed by atoms with Crippen molar-refractivity contribution in [2.75, 3.05) is 32.2 Å². The number of rotatable bonds is 10. The lowest BCUT2D eigenvalue weighted by Crippen LogP contribution is -2.27. The molecule has 3 rings (SSSR count). The number of hydrogen-bond acceptors (Lipinski definition) is 7. The van der Waals surface area contributed by atoms with Gasteiger partial charge in [0.05, 0.1) is 10.9 Å². The van der Waals surface area contributed by atoms with E-state index in [4.69, 9.17) is 18.9 Å². The highest BCUT2D eigenvalue weighted by Gasteiger charge is 2.29. The second-order valence-electron chi connectivity index (χ2n) is 11.4. The second kappa shape index (κ2) is 13.1. The lowest BCUT2D eigenvalue weighted by atomic mass is 10.2. The van der Waals surface area contributed by atoms with Crippen LogP contribution in [0.3, 0.4) is 0 Å². The van der Waals surface area contributed by atoms with Crippen LogP contribution < -0.4 is 14.4 Å². The van der Waals surface area contributed by atoms with E-state index in [0.717, 1.165) is 20.4 Å². The zero-order valence-corrected chi connectivity index (χ0v) is 25.5. The number of esters is 2. The third kappa shape index (κ3) is 9.83. The first-order valence-corrected chi connectivity index (χ1v) is 14.3. The standard InChI is InChI=1S/C32H40NO6S/c1-31(2,3)38-29(34)21-36-24-11-17-27(18-12-24)40(26-15-9-23(10-16-26)33(7)8)28-19-13-25(14-20-28)37-22-30(35)39-32(4,5)6/h9-20H,21-22H2,1-8H3/q+1. The van der Waals surface area contributed by atoms with E-state index in [1.54, 1.807) is 0 Å². The maximum atomic E-state index is 12.0. The summed E-state index contributed by atoms with van der Waals surface area (Å²) < 4.78 is 22.0. The number of nitrogens with zero attached hydrogens (tertiary/aromatic N) is 1. The van der Waals surface area contributed by atoms with Gasteiger partial charge in [-0.3, -0.25) is 0 Å². The SMILES string of the molecule is CN(C)c1ccc([S+](c2ccc(OCC(=O)OC(C)(C)C)cc2)c2ccc(OCC(=O)OC(C)(C)C)cc2)cc1. The van der Waals surface area contributed by atoms with Gasteiger partial charge in [-0.1, -0.05) is 0 Å².